The lowest BCUT2D eigenvalue weighted by Crippen LogP contribution is -2.10. The summed E-state index contributed by atoms with van der Waals surface area (Å²) in [5.41, 5.74) is 0. The van der Waals surface area contributed by atoms with Gasteiger partial charge in [-0.15, -0.1) is 6.58 Å². The summed E-state index contributed by atoms with van der Waals surface area (Å²) in [5, 5.41) is 3.16. The van der Waals surface area contributed by atoms with Crippen LogP contribution in [-0.4, -0.2) is 24.7 Å². The molecule has 1 rings (SSSR count). The van der Waals surface area contributed by atoms with E-state index in [-0.39, 0.29) is 0 Å². The van der Waals surface area contributed by atoms with Crippen LogP contribution >= 0.6 is 0 Å². The van der Waals surface area contributed by atoms with Crippen molar-refractivity contribution in [1.29, 1.82) is 0 Å². The number of hydrogen-bond acceptors (Lipinski definition) is 3. The summed E-state index contributed by atoms with van der Waals surface area (Å²) in [6.07, 6.45) is 4.52. The second-order valence-corrected chi connectivity index (χ2v) is 2.83. The van der Waals surface area contributed by atoms with Gasteiger partial charge in [0.15, 0.2) is 0 Å². The van der Waals surface area contributed by atoms with Crippen molar-refractivity contribution in [2.45, 2.75) is 6.42 Å². The number of rotatable bonds is 7. The zero-order chi connectivity index (χ0) is 10.1. The molecule has 1 N–H and O–H groups in total. The average Bonchev–Trinajstić information content (AvgIpc) is 2.25. The fourth-order valence-electron chi connectivity index (χ4n) is 0.987. The molecular formula is C11H16N2O. The van der Waals surface area contributed by atoms with E-state index in [9.17, 15) is 0 Å². The van der Waals surface area contributed by atoms with Gasteiger partial charge in [0.05, 0.1) is 13.2 Å². The minimum Gasteiger partial charge on any atom is -0.379 e. The van der Waals surface area contributed by atoms with Crippen molar-refractivity contribution in [1.82, 2.24) is 4.98 Å². The first-order valence-corrected chi connectivity index (χ1v) is 4.77. The van der Waals surface area contributed by atoms with E-state index < -0.39 is 0 Å². The first-order valence-electron chi connectivity index (χ1n) is 4.77. The van der Waals surface area contributed by atoms with Crippen LogP contribution in [0, 0.1) is 0 Å². The van der Waals surface area contributed by atoms with Gasteiger partial charge in [0.2, 0.25) is 0 Å². The zero-order valence-corrected chi connectivity index (χ0v) is 8.28. The summed E-state index contributed by atoms with van der Waals surface area (Å²) >= 11 is 0. The molecule has 0 atom stereocenters. The van der Waals surface area contributed by atoms with Crippen LogP contribution in [0.4, 0.5) is 5.82 Å². The first-order chi connectivity index (χ1) is 6.93. The maximum absolute atomic E-state index is 5.33. The third-order valence-corrected chi connectivity index (χ3v) is 1.68. The minimum atomic E-state index is 0.699. The predicted molar refractivity (Wildman–Crippen MR) is 58.4 cm³/mol. The van der Waals surface area contributed by atoms with E-state index in [1.165, 1.54) is 0 Å². The van der Waals surface area contributed by atoms with Gasteiger partial charge in [0, 0.05) is 12.7 Å². The second-order valence-electron chi connectivity index (χ2n) is 2.83. The summed E-state index contributed by atoms with van der Waals surface area (Å²) < 4.78 is 5.33. The fraction of sp³-hybridized carbons (Fsp3) is 0.364. The largest absolute Gasteiger partial charge is 0.379 e. The molecule has 1 aromatic heterocycles. The molecule has 3 heteroatoms. The Morgan fingerprint density at radius 3 is 3.07 bits per heavy atom. The highest BCUT2D eigenvalue weighted by atomic mass is 16.5. The van der Waals surface area contributed by atoms with Crippen LogP contribution < -0.4 is 5.32 Å². The minimum absolute atomic E-state index is 0.699. The molecule has 1 aromatic rings. The van der Waals surface area contributed by atoms with E-state index in [4.69, 9.17) is 4.74 Å². The van der Waals surface area contributed by atoms with Gasteiger partial charge in [-0.1, -0.05) is 12.1 Å². The van der Waals surface area contributed by atoms with Crippen molar-refractivity contribution < 1.29 is 4.74 Å². The van der Waals surface area contributed by atoms with Gasteiger partial charge < -0.3 is 10.1 Å². The van der Waals surface area contributed by atoms with Crippen molar-refractivity contribution >= 4 is 5.82 Å². The lowest BCUT2D eigenvalue weighted by Gasteiger charge is -2.05. The molecule has 0 spiro atoms. The van der Waals surface area contributed by atoms with Crippen LogP contribution in [0.3, 0.4) is 0 Å². The summed E-state index contributed by atoms with van der Waals surface area (Å²) in [6.45, 7) is 5.85. The Bertz CT molecular complexity index is 249. The van der Waals surface area contributed by atoms with Gasteiger partial charge in [0.25, 0.3) is 0 Å². The van der Waals surface area contributed by atoms with Gasteiger partial charge in [-0.2, -0.15) is 0 Å². The van der Waals surface area contributed by atoms with Crippen molar-refractivity contribution in [3.8, 4) is 0 Å². The maximum atomic E-state index is 5.33. The molecule has 3 nitrogen and oxygen atoms in total. The fourth-order valence-corrected chi connectivity index (χ4v) is 0.987. The maximum Gasteiger partial charge on any atom is 0.125 e. The Labute approximate surface area is 84.8 Å². The molecule has 0 saturated carbocycles. The highest BCUT2D eigenvalue weighted by Crippen LogP contribution is 1.98. The Morgan fingerprint density at radius 2 is 2.36 bits per heavy atom. The molecule has 0 bridgehead atoms. The van der Waals surface area contributed by atoms with Gasteiger partial charge in [-0.25, -0.2) is 4.98 Å². The van der Waals surface area contributed by atoms with E-state index in [1.54, 1.807) is 6.20 Å². The molecule has 1 heterocycles. The van der Waals surface area contributed by atoms with E-state index >= 15 is 0 Å². The Kier molecular flexibility index (Phi) is 5.43. The van der Waals surface area contributed by atoms with Crippen LogP contribution in [0.5, 0.6) is 0 Å². The number of anilines is 1. The molecule has 0 fully saturated rings. The van der Waals surface area contributed by atoms with Gasteiger partial charge in [-0.05, 0) is 18.6 Å². The standard InChI is InChI=1S/C11H16N2O/c1-2-3-9-14-10-8-13-11-6-4-5-7-12-11/h2,4-7H,1,3,8-10H2,(H,12,13). The summed E-state index contributed by atoms with van der Waals surface area (Å²) in [6, 6.07) is 5.78. The van der Waals surface area contributed by atoms with Crippen LogP contribution in [0.15, 0.2) is 37.1 Å². The number of hydrogen-bond donors (Lipinski definition) is 1. The normalized spacial score (nSPS) is 9.71. The second kappa shape index (κ2) is 7.09. The average molecular weight is 192 g/mol. The SMILES string of the molecule is C=CCCOCCNc1ccccn1. The smallest absolute Gasteiger partial charge is 0.125 e. The molecule has 0 radical (unpaired) electrons. The number of pyridine rings is 1. The molecule has 0 aromatic carbocycles. The molecule has 76 valence electrons. The highest BCUT2D eigenvalue weighted by molar-refractivity contribution is 5.32. The number of ether oxygens (including phenoxy) is 1. The van der Waals surface area contributed by atoms with Crippen molar-refractivity contribution in [3.63, 3.8) is 0 Å². The molecule has 0 saturated heterocycles. The number of aromatic nitrogens is 1. The van der Waals surface area contributed by atoms with E-state index in [0.29, 0.717) is 6.61 Å². The lowest BCUT2D eigenvalue weighted by atomic mass is 10.4. The van der Waals surface area contributed by atoms with E-state index in [1.807, 2.05) is 24.3 Å². The molecule has 0 amide bonds. The third kappa shape index (κ3) is 4.62. The number of nitrogens with zero attached hydrogens (tertiary/aromatic N) is 1. The predicted octanol–water partition coefficient (Wildman–Crippen LogP) is 2.09. The Morgan fingerprint density at radius 1 is 1.43 bits per heavy atom. The van der Waals surface area contributed by atoms with Crippen LogP contribution in [0.25, 0.3) is 0 Å². The summed E-state index contributed by atoms with van der Waals surface area (Å²) in [5.74, 6) is 0.889. The van der Waals surface area contributed by atoms with Gasteiger partial charge in [-0.3, -0.25) is 0 Å². The summed E-state index contributed by atoms with van der Waals surface area (Å²) in [7, 11) is 0. The molecular weight excluding hydrogens is 176 g/mol. The van der Waals surface area contributed by atoms with Crippen molar-refractivity contribution in [2.24, 2.45) is 0 Å². The van der Waals surface area contributed by atoms with E-state index in [2.05, 4.69) is 16.9 Å². The molecule has 0 unspecified atom stereocenters. The van der Waals surface area contributed by atoms with Crippen molar-refractivity contribution in [3.05, 3.63) is 37.1 Å². The third-order valence-electron chi connectivity index (χ3n) is 1.68. The first kappa shape index (κ1) is 10.7. The lowest BCUT2D eigenvalue weighted by molar-refractivity contribution is 0.149. The zero-order valence-electron chi connectivity index (χ0n) is 8.28. The molecule has 0 aliphatic heterocycles. The topological polar surface area (TPSA) is 34.1 Å². The Hall–Kier alpha value is -1.35. The Balaban J connectivity index is 2.02. The monoisotopic (exact) mass is 192 g/mol. The molecule has 14 heavy (non-hydrogen) atoms. The van der Waals surface area contributed by atoms with Gasteiger partial charge in [0.1, 0.15) is 5.82 Å². The molecule has 0 aliphatic rings. The van der Waals surface area contributed by atoms with Gasteiger partial charge >= 0.3 is 0 Å². The van der Waals surface area contributed by atoms with Crippen LogP contribution in [0.2, 0.25) is 0 Å². The van der Waals surface area contributed by atoms with Crippen LogP contribution in [0.1, 0.15) is 6.42 Å². The number of nitrogens with one attached hydrogen (secondary N) is 1. The summed E-state index contributed by atoms with van der Waals surface area (Å²) in [4.78, 5) is 4.13. The quantitative estimate of drug-likeness (QED) is 0.530. The highest BCUT2D eigenvalue weighted by Gasteiger charge is 1.90. The van der Waals surface area contributed by atoms with Crippen molar-refractivity contribution in [2.75, 3.05) is 25.1 Å². The molecule has 0 aliphatic carbocycles. The van der Waals surface area contributed by atoms with E-state index in [0.717, 1.165) is 25.4 Å². The van der Waals surface area contributed by atoms with Crippen LogP contribution in [-0.2, 0) is 4.74 Å².